The zero-order valence-corrected chi connectivity index (χ0v) is 11.8. The summed E-state index contributed by atoms with van der Waals surface area (Å²) in [5.41, 5.74) is 1.14. The van der Waals surface area contributed by atoms with Crippen molar-refractivity contribution < 1.29 is 0 Å². The Kier molecular flexibility index (Phi) is 4.81. The van der Waals surface area contributed by atoms with Crippen LogP contribution >= 0.6 is 11.8 Å². The number of thioether (sulfide) groups is 1. The maximum absolute atomic E-state index is 4.35. The Hall–Kier alpha value is -1.29. The van der Waals surface area contributed by atoms with Gasteiger partial charge in [0.25, 0.3) is 0 Å². The minimum atomic E-state index is 0.975. The summed E-state index contributed by atoms with van der Waals surface area (Å²) >= 11 is 1.79. The first-order valence-electron chi connectivity index (χ1n) is 6.48. The van der Waals surface area contributed by atoms with Gasteiger partial charge >= 0.3 is 0 Å². The summed E-state index contributed by atoms with van der Waals surface area (Å²) in [6.07, 6.45) is 2.25. The van der Waals surface area contributed by atoms with E-state index in [0.29, 0.717) is 0 Å². The van der Waals surface area contributed by atoms with Gasteiger partial charge in [-0.05, 0) is 12.8 Å². The van der Waals surface area contributed by atoms with E-state index in [2.05, 4.69) is 40.7 Å². The van der Waals surface area contributed by atoms with Crippen LogP contribution in [0.5, 0.6) is 0 Å². The SMILES string of the molecule is CCCSc1nnc(-c2ccccc2)n1CCC. The average molecular weight is 261 g/mol. The number of rotatable bonds is 6. The summed E-state index contributed by atoms with van der Waals surface area (Å²) in [6.45, 7) is 5.35. The first-order chi connectivity index (χ1) is 8.86. The Morgan fingerprint density at radius 2 is 1.83 bits per heavy atom. The number of nitrogens with zero attached hydrogens (tertiary/aromatic N) is 3. The normalized spacial score (nSPS) is 10.8. The molecule has 18 heavy (non-hydrogen) atoms. The minimum absolute atomic E-state index is 0.975. The molecule has 0 radical (unpaired) electrons. The fourth-order valence-corrected chi connectivity index (χ4v) is 2.63. The molecule has 1 aromatic carbocycles. The molecule has 4 heteroatoms. The summed E-state index contributed by atoms with van der Waals surface area (Å²) in [4.78, 5) is 0. The van der Waals surface area contributed by atoms with Crippen LogP contribution in [0.1, 0.15) is 26.7 Å². The standard InChI is InChI=1S/C14H19N3S/c1-3-10-17-13(12-8-6-5-7-9-12)15-16-14(17)18-11-4-2/h5-9H,3-4,10-11H2,1-2H3. The highest BCUT2D eigenvalue weighted by molar-refractivity contribution is 7.99. The average Bonchev–Trinajstić information content (AvgIpc) is 2.81. The number of hydrogen-bond donors (Lipinski definition) is 0. The lowest BCUT2D eigenvalue weighted by Crippen LogP contribution is -2.01. The predicted octanol–water partition coefficient (Wildman–Crippen LogP) is 3.86. The van der Waals surface area contributed by atoms with Crippen molar-refractivity contribution >= 4 is 11.8 Å². The van der Waals surface area contributed by atoms with E-state index in [4.69, 9.17) is 0 Å². The van der Waals surface area contributed by atoms with Crippen molar-refractivity contribution in [2.45, 2.75) is 38.4 Å². The number of aromatic nitrogens is 3. The van der Waals surface area contributed by atoms with E-state index in [1.807, 2.05) is 18.2 Å². The van der Waals surface area contributed by atoms with Crippen LogP contribution in [-0.4, -0.2) is 20.5 Å². The minimum Gasteiger partial charge on any atom is -0.302 e. The Morgan fingerprint density at radius 1 is 1.06 bits per heavy atom. The zero-order valence-electron chi connectivity index (χ0n) is 11.0. The third-order valence-electron chi connectivity index (χ3n) is 2.63. The van der Waals surface area contributed by atoms with Crippen molar-refractivity contribution in [3.8, 4) is 11.4 Å². The summed E-state index contributed by atoms with van der Waals surface area (Å²) in [5.74, 6) is 2.08. The highest BCUT2D eigenvalue weighted by Crippen LogP contribution is 2.24. The summed E-state index contributed by atoms with van der Waals surface area (Å²) in [6, 6.07) is 10.3. The highest BCUT2D eigenvalue weighted by Gasteiger charge is 2.12. The van der Waals surface area contributed by atoms with E-state index in [9.17, 15) is 0 Å². The molecule has 1 heterocycles. The fourth-order valence-electron chi connectivity index (χ4n) is 1.81. The van der Waals surface area contributed by atoms with Crippen molar-refractivity contribution in [2.24, 2.45) is 0 Å². The van der Waals surface area contributed by atoms with Crippen molar-refractivity contribution in [1.82, 2.24) is 14.8 Å². The quantitative estimate of drug-likeness (QED) is 0.740. The lowest BCUT2D eigenvalue weighted by molar-refractivity contribution is 0.626. The Bertz CT molecular complexity index is 479. The first kappa shape index (κ1) is 13.1. The van der Waals surface area contributed by atoms with Crippen LogP contribution in [0.2, 0.25) is 0 Å². The topological polar surface area (TPSA) is 30.7 Å². The first-order valence-corrected chi connectivity index (χ1v) is 7.46. The largest absolute Gasteiger partial charge is 0.302 e. The van der Waals surface area contributed by atoms with E-state index >= 15 is 0 Å². The molecule has 0 saturated carbocycles. The molecule has 1 aromatic heterocycles. The van der Waals surface area contributed by atoms with E-state index in [-0.39, 0.29) is 0 Å². The molecule has 3 nitrogen and oxygen atoms in total. The van der Waals surface area contributed by atoms with Gasteiger partial charge in [-0.2, -0.15) is 0 Å². The van der Waals surface area contributed by atoms with Gasteiger partial charge in [0.2, 0.25) is 0 Å². The number of hydrogen-bond acceptors (Lipinski definition) is 3. The summed E-state index contributed by atoms with van der Waals surface area (Å²) in [5, 5.41) is 9.71. The van der Waals surface area contributed by atoms with Crippen LogP contribution in [0.15, 0.2) is 35.5 Å². The summed E-state index contributed by atoms with van der Waals surface area (Å²) < 4.78 is 2.23. The second-order valence-corrected chi connectivity index (χ2v) is 5.23. The lowest BCUT2D eigenvalue weighted by atomic mass is 10.2. The maximum Gasteiger partial charge on any atom is 0.191 e. The maximum atomic E-state index is 4.35. The molecule has 0 unspecified atom stereocenters. The monoisotopic (exact) mass is 261 g/mol. The second-order valence-electron chi connectivity index (χ2n) is 4.17. The van der Waals surface area contributed by atoms with Crippen molar-refractivity contribution in [2.75, 3.05) is 5.75 Å². The third kappa shape index (κ3) is 2.93. The van der Waals surface area contributed by atoms with E-state index in [1.165, 1.54) is 0 Å². The molecular weight excluding hydrogens is 242 g/mol. The molecule has 2 rings (SSSR count). The molecule has 0 spiro atoms. The van der Waals surface area contributed by atoms with Crippen LogP contribution in [0.4, 0.5) is 0 Å². The fraction of sp³-hybridized carbons (Fsp3) is 0.429. The van der Waals surface area contributed by atoms with Crippen molar-refractivity contribution in [3.63, 3.8) is 0 Å². The molecular formula is C14H19N3S. The zero-order chi connectivity index (χ0) is 12.8. The molecule has 0 fully saturated rings. The smallest absolute Gasteiger partial charge is 0.191 e. The van der Waals surface area contributed by atoms with E-state index < -0.39 is 0 Å². The van der Waals surface area contributed by atoms with Crippen LogP contribution < -0.4 is 0 Å². The van der Waals surface area contributed by atoms with Crippen LogP contribution in [0.3, 0.4) is 0 Å². The third-order valence-corrected chi connectivity index (χ3v) is 3.80. The van der Waals surface area contributed by atoms with Crippen LogP contribution in [-0.2, 0) is 6.54 Å². The van der Waals surface area contributed by atoms with Crippen LogP contribution in [0.25, 0.3) is 11.4 Å². The van der Waals surface area contributed by atoms with Gasteiger partial charge in [0.1, 0.15) is 0 Å². The van der Waals surface area contributed by atoms with Crippen LogP contribution in [0, 0.1) is 0 Å². The molecule has 0 atom stereocenters. The number of benzene rings is 1. The molecule has 0 amide bonds. The molecule has 0 bridgehead atoms. The second kappa shape index (κ2) is 6.59. The molecule has 0 aliphatic rings. The lowest BCUT2D eigenvalue weighted by Gasteiger charge is -2.08. The van der Waals surface area contributed by atoms with Gasteiger partial charge in [0.05, 0.1) is 0 Å². The van der Waals surface area contributed by atoms with Gasteiger partial charge in [-0.25, -0.2) is 0 Å². The molecule has 0 N–H and O–H groups in total. The summed E-state index contributed by atoms with van der Waals surface area (Å²) in [7, 11) is 0. The highest BCUT2D eigenvalue weighted by atomic mass is 32.2. The van der Waals surface area contributed by atoms with Gasteiger partial charge in [0.15, 0.2) is 11.0 Å². The van der Waals surface area contributed by atoms with Gasteiger partial charge in [-0.1, -0.05) is 55.9 Å². The molecule has 96 valence electrons. The molecule has 0 aliphatic carbocycles. The van der Waals surface area contributed by atoms with Crippen molar-refractivity contribution in [1.29, 1.82) is 0 Å². The van der Waals surface area contributed by atoms with Gasteiger partial charge in [-0.3, -0.25) is 0 Å². The predicted molar refractivity (Wildman–Crippen MR) is 76.8 cm³/mol. The van der Waals surface area contributed by atoms with Crippen molar-refractivity contribution in [3.05, 3.63) is 30.3 Å². The van der Waals surface area contributed by atoms with Gasteiger partial charge in [-0.15, -0.1) is 10.2 Å². The van der Waals surface area contributed by atoms with Gasteiger partial charge in [0, 0.05) is 17.9 Å². The Balaban J connectivity index is 2.32. The molecule has 0 aliphatic heterocycles. The Labute approximate surface area is 113 Å². The van der Waals surface area contributed by atoms with Gasteiger partial charge < -0.3 is 4.57 Å². The van der Waals surface area contributed by atoms with E-state index in [1.54, 1.807) is 11.8 Å². The Morgan fingerprint density at radius 3 is 2.50 bits per heavy atom. The van der Waals surface area contributed by atoms with E-state index in [0.717, 1.165) is 41.7 Å². The molecule has 0 saturated heterocycles. The molecule has 2 aromatic rings.